The Morgan fingerprint density at radius 3 is 2.57 bits per heavy atom. The third-order valence-corrected chi connectivity index (χ3v) is 6.44. The summed E-state index contributed by atoms with van der Waals surface area (Å²) >= 11 is 1.50. The van der Waals surface area contributed by atoms with Crippen molar-refractivity contribution in [3.63, 3.8) is 0 Å². The molecule has 2 aliphatic heterocycles. The maximum absolute atomic E-state index is 12.9. The van der Waals surface area contributed by atoms with Crippen LogP contribution in [0.15, 0.2) is 21.9 Å². The van der Waals surface area contributed by atoms with Gasteiger partial charge in [0, 0.05) is 37.1 Å². The van der Waals surface area contributed by atoms with Gasteiger partial charge in [0.2, 0.25) is 16.8 Å². The molecule has 0 aliphatic carbocycles. The number of ether oxygens (including phenoxy) is 2. The summed E-state index contributed by atoms with van der Waals surface area (Å²) in [6, 6.07) is 3.36. The van der Waals surface area contributed by atoms with E-state index in [9.17, 15) is 8.42 Å². The Labute approximate surface area is 128 Å². The van der Waals surface area contributed by atoms with Gasteiger partial charge in [-0.25, -0.2) is 8.42 Å². The van der Waals surface area contributed by atoms with Crippen LogP contribution in [0.5, 0.6) is 11.5 Å². The summed E-state index contributed by atoms with van der Waals surface area (Å²) in [6.45, 7) is 4.49. The van der Waals surface area contributed by atoms with Crippen LogP contribution < -0.4 is 14.8 Å². The van der Waals surface area contributed by atoms with Gasteiger partial charge in [0.25, 0.3) is 0 Å². The molecule has 0 unspecified atom stereocenters. The Bertz CT molecular complexity index is 627. The van der Waals surface area contributed by atoms with Gasteiger partial charge in [-0.2, -0.15) is 4.31 Å². The van der Waals surface area contributed by atoms with E-state index in [4.69, 9.17) is 9.47 Å². The minimum absolute atomic E-state index is 0.142. The predicted molar refractivity (Wildman–Crippen MR) is 80.6 cm³/mol. The molecule has 3 rings (SSSR count). The van der Waals surface area contributed by atoms with Crippen LogP contribution in [0.3, 0.4) is 0 Å². The maximum Gasteiger partial charge on any atom is 0.244 e. The van der Waals surface area contributed by atoms with Gasteiger partial charge in [-0.15, -0.1) is 11.8 Å². The minimum Gasteiger partial charge on any atom is -0.454 e. The van der Waals surface area contributed by atoms with Crippen LogP contribution >= 0.6 is 11.8 Å². The van der Waals surface area contributed by atoms with Crippen LogP contribution in [0, 0.1) is 0 Å². The first kappa shape index (κ1) is 15.0. The first-order valence-corrected chi connectivity index (χ1v) is 9.33. The molecule has 1 N–H and O–H groups in total. The highest BCUT2D eigenvalue weighted by molar-refractivity contribution is 8.00. The van der Waals surface area contributed by atoms with E-state index in [2.05, 4.69) is 5.32 Å². The second-order valence-corrected chi connectivity index (χ2v) is 7.95. The first-order chi connectivity index (χ1) is 10.1. The summed E-state index contributed by atoms with van der Waals surface area (Å²) in [5.74, 6) is 1.92. The quantitative estimate of drug-likeness (QED) is 0.835. The molecule has 0 bridgehead atoms. The van der Waals surface area contributed by atoms with E-state index >= 15 is 0 Å². The second kappa shape index (κ2) is 6.04. The van der Waals surface area contributed by atoms with Crippen molar-refractivity contribution < 1.29 is 17.9 Å². The fourth-order valence-electron chi connectivity index (χ4n) is 2.40. The fourth-order valence-corrected chi connectivity index (χ4v) is 5.10. The van der Waals surface area contributed by atoms with Crippen molar-refractivity contribution in [2.45, 2.75) is 16.7 Å². The number of benzene rings is 1. The van der Waals surface area contributed by atoms with E-state index in [0.29, 0.717) is 42.6 Å². The highest BCUT2D eigenvalue weighted by atomic mass is 32.2. The smallest absolute Gasteiger partial charge is 0.244 e. The summed E-state index contributed by atoms with van der Waals surface area (Å²) < 4.78 is 37.9. The number of sulfonamides is 1. The van der Waals surface area contributed by atoms with Crippen LogP contribution in [0.2, 0.25) is 0 Å². The zero-order chi connectivity index (χ0) is 14.9. The van der Waals surface area contributed by atoms with E-state index in [1.54, 1.807) is 12.1 Å². The number of thioether (sulfide) groups is 1. The van der Waals surface area contributed by atoms with Gasteiger partial charge in [0.1, 0.15) is 0 Å². The Morgan fingerprint density at radius 2 is 1.90 bits per heavy atom. The van der Waals surface area contributed by atoms with Crippen LogP contribution in [-0.2, 0) is 10.0 Å². The second-order valence-electron chi connectivity index (χ2n) is 4.74. The van der Waals surface area contributed by atoms with Crippen molar-refractivity contribution in [3.8, 4) is 11.5 Å². The molecule has 1 aromatic rings. The summed E-state index contributed by atoms with van der Waals surface area (Å²) in [6.07, 6.45) is 0. The standard InChI is InChI=1S/C13H18N2O4S2/c1-2-20-12-7-10-11(19-9-18-10)8-13(12)21(16,17)15-5-3-14-4-6-15/h7-8,14H,2-6,9H2,1H3. The number of rotatable bonds is 4. The average molecular weight is 330 g/mol. The topological polar surface area (TPSA) is 67.9 Å². The molecule has 2 aliphatic rings. The molecular weight excluding hydrogens is 312 g/mol. The van der Waals surface area contributed by atoms with E-state index in [1.807, 2.05) is 6.92 Å². The van der Waals surface area contributed by atoms with Crippen LogP contribution in [0.25, 0.3) is 0 Å². The Kier molecular flexibility index (Phi) is 4.30. The lowest BCUT2D eigenvalue weighted by molar-refractivity contribution is 0.174. The molecule has 6 nitrogen and oxygen atoms in total. The normalized spacial score (nSPS) is 18.9. The van der Waals surface area contributed by atoms with Crippen molar-refractivity contribution in [2.24, 2.45) is 0 Å². The van der Waals surface area contributed by atoms with E-state index < -0.39 is 10.0 Å². The van der Waals surface area contributed by atoms with Crippen LogP contribution in [0.1, 0.15) is 6.92 Å². The van der Waals surface area contributed by atoms with Crippen LogP contribution in [0.4, 0.5) is 0 Å². The third kappa shape index (κ3) is 2.85. The summed E-state index contributed by atoms with van der Waals surface area (Å²) in [5.41, 5.74) is 0. The molecule has 8 heteroatoms. The average Bonchev–Trinajstić information content (AvgIpc) is 2.95. The number of fused-ring (bicyclic) bond motifs is 1. The van der Waals surface area contributed by atoms with Gasteiger partial charge in [-0.1, -0.05) is 6.92 Å². The van der Waals surface area contributed by atoms with Gasteiger partial charge in [-0.3, -0.25) is 0 Å². The van der Waals surface area contributed by atoms with Gasteiger partial charge >= 0.3 is 0 Å². The van der Waals surface area contributed by atoms with Gasteiger partial charge in [0.05, 0.1) is 4.90 Å². The van der Waals surface area contributed by atoms with Crippen molar-refractivity contribution in [3.05, 3.63) is 12.1 Å². The molecule has 0 radical (unpaired) electrons. The van der Waals surface area contributed by atoms with E-state index in [0.717, 1.165) is 10.6 Å². The highest BCUT2D eigenvalue weighted by Gasteiger charge is 2.30. The molecule has 0 saturated carbocycles. The number of piperazine rings is 1. The molecule has 1 fully saturated rings. The monoisotopic (exact) mass is 330 g/mol. The van der Waals surface area contributed by atoms with E-state index in [-0.39, 0.29) is 6.79 Å². The molecule has 2 heterocycles. The third-order valence-electron chi connectivity index (χ3n) is 3.43. The van der Waals surface area contributed by atoms with Crippen molar-refractivity contribution >= 4 is 21.8 Å². The zero-order valence-corrected chi connectivity index (χ0v) is 13.4. The van der Waals surface area contributed by atoms with Crippen LogP contribution in [-0.4, -0.2) is 51.4 Å². The Morgan fingerprint density at radius 1 is 1.24 bits per heavy atom. The van der Waals surface area contributed by atoms with Gasteiger partial charge in [0.15, 0.2) is 11.5 Å². The number of nitrogens with zero attached hydrogens (tertiary/aromatic N) is 1. The Balaban J connectivity index is 2.03. The largest absolute Gasteiger partial charge is 0.454 e. The highest BCUT2D eigenvalue weighted by Crippen LogP contribution is 2.41. The lowest BCUT2D eigenvalue weighted by Crippen LogP contribution is -2.46. The lowest BCUT2D eigenvalue weighted by Gasteiger charge is -2.27. The Hall–Kier alpha value is -0.960. The molecule has 21 heavy (non-hydrogen) atoms. The molecule has 0 amide bonds. The zero-order valence-electron chi connectivity index (χ0n) is 11.8. The molecular formula is C13H18N2O4S2. The van der Waals surface area contributed by atoms with Gasteiger partial charge < -0.3 is 14.8 Å². The fraction of sp³-hybridized carbons (Fsp3) is 0.538. The predicted octanol–water partition coefficient (Wildman–Crippen LogP) is 1.12. The number of nitrogens with one attached hydrogen (secondary N) is 1. The first-order valence-electron chi connectivity index (χ1n) is 6.90. The maximum atomic E-state index is 12.9. The van der Waals surface area contributed by atoms with Gasteiger partial charge in [-0.05, 0) is 11.8 Å². The minimum atomic E-state index is -3.50. The molecule has 1 saturated heterocycles. The number of hydrogen-bond acceptors (Lipinski definition) is 6. The SMILES string of the molecule is CCSc1cc2c(cc1S(=O)(=O)N1CCNCC1)OCO2. The van der Waals surface area contributed by atoms with E-state index in [1.165, 1.54) is 16.1 Å². The summed E-state index contributed by atoms with van der Waals surface area (Å²) in [7, 11) is -3.50. The summed E-state index contributed by atoms with van der Waals surface area (Å²) in [4.78, 5) is 1.04. The molecule has 0 spiro atoms. The molecule has 0 atom stereocenters. The van der Waals surface area contributed by atoms with Crippen molar-refractivity contribution in [1.82, 2.24) is 9.62 Å². The summed E-state index contributed by atoms with van der Waals surface area (Å²) in [5, 5.41) is 3.16. The van der Waals surface area contributed by atoms with Crippen molar-refractivity contribution in [1.29, 1.82) is 0 Å². The number of hydrogen-bond donors (Lipinski definition) is 1. The molecule has 1 aromatic carbocycles. The molecule has 116 valence electrons. The lowest BCUT2D eigenvalue weighted by atomic mass is 10.3. The molecule has 0 aromatic heterocycles. The van der Waals surface area contributed by atoms with Crippen molar-refractivity contribution in [2.75, 3.05) is 38.7 Å².